The molecule has 4 rings (SSSR count). The van der Waals surface area contributed by atoms with Gasteiger partial charge in [-0.15, -0.1) is 11.3 Å². The molecule has 0 spiro atoms. The van der Waals surface area contributed by atoms with Crippen LogP contribution in [0.1, 0.15) is 36.3 Å². The Bertz CT molecular complexity index is 1280. The number of hydrazone groups is 1. The van der Waals surface area contributed by atoms with Crippen LogP contribution in [-0.4, -0.2) is 35.4 Å². The molecule has 3 aromatic rings. The number of hydrogen-bond donors (Lipinski definition) is 1. The summed E-state index contributed by atoms with van der Waals surface area (Å²) in [5.41, 5.74) is 4.11. The molecule has 0 radical (unpaired) electrons. The van der Waals surface area contributed by atoms with Crippen LogP contribution in [0.25, 0.3) is 10.2 Å². The maximum atomic E-state index is 13.0. The number of nitrogens with one attached hydrogen (secondary N) is 1. The Morgan fingerprint density at radius 2 is 2.27 bits per heavy atom. The molecule has 0 fully saturated rings. The van der Waals surface area contributed by atoms with Gasteiger partial charge >= 0.3 is 0 Å². The van der Waals surface area contributed by atoms with Crippen molar-refractivity contribution in [1.29, 1.82) is 0 Å². The van der Waals surface area contributed by atoms with Crippen molar-refractivity contribution in [3.05, 3.63) is 49.3 Å². The second-order valence-corrected chi connectivity index (χ2v) is 9.91. The fraction of sp³-hybridized carbons (Fsp3) is 0.391. The first-order valence-corrected chi connectivity index (χ1v) is 12.3. The predicted octanol–water partition coefficient (Wildman–Crippen LogP) is 3.90. The highest BCUT2D eigenvalue weighted by Gasteiger charge is 2.23. The maximum Gasteiger partial charge on any atom is 0.262 e. The molecular formula is C23H25BrN4O4S. The van der Waals surface area contributed by atoms with Gasteiger partial charge in [0.1, 0.15) is 11.4 Å². The van der Waals surface area contributed by atoms with Crippen LogP contribution in [-0.2, 0) is 24.2 Å². The average molecular weight is 533 g/mol. The number of hydrogen-bond acceptors (Lipinski definition) is 7. The number of amides is 1. The fourth-order valence-electron chi connectivity index (χ4n) is 3.95. The molecule has 0 aliphatic heterocycles. The van der Waals surface area contributed by atoms with Crippen molar-refractivity contribution in [2.45, 2.75) is 39.7 Å². The van der Waals surface area contributed by atoms with Gasteiger partial charge in [-0.05, 0) is 71.3 Å². The van der Waals surface area contributed by atoms with Gasteiger partial charge in [0.15, 0.2) is 11.5 Å². The lowest BCUT2D eigenvalue weighted by atomic mass is 9.89. The molecule has 2 aromatic heterocycles. The van der Waals surface area contributed by atoms with Crippen LogP contribution in [0.3, 0.4) is 0 Å². The van der Waals surface area contributed by atoms with Gasteiger partial charge in [-0.1, -0.05) is 6.92 Å². The number of methoxy groups -OCH3 is 1. The van der Waals surface area contributed by atoms with Crippen LogP contribution in [0.5, 0.6) is 11.5 Å². The van der Waals surface area contributed by atoms with Crippen LogP contribution in [0.2, 0.25) is 0 Å². The lowest BCUT2D eigenvalue weighted by Gasteiger charge is -2.17. The topological polar surface area (TPSA) is 94.8 Å². The predicted molar refractivity (Wildman–Crippen MR) is 133 cm³/mol. The van der Waals surface area contributed by atoms with E-state index < -0.39 is 5.91 Å². The zero-order valence-corrected chi connectivity index (χ0v) is 21.1. The zero-order valence-electron chi connectivity index (χ0n) is 18.7. The van der Waals surface area contributed by atoms with E-state index in [2.05, 4.69) is 38.4 Å². The summed E-state index contributed by atoms with van der Waals surface area (Å²) in [6, 6.07) is 3.57. The van der Waals surface area contributed by atoms with E-state index >= 15 is 0 Å². The van der Waals surface area contributed by atoms with Crippen molar-refractivity contribution in [2.24, 2.45) is 11.0 Å². The summed E-state index contributed by atoms with van der Waals surface area (Å²) in [5.74, 6) is 1.36. The summed E-state index contributed by atoms with van der Waals surface area (Å²) in [4.78, 5) is 31.9. The standard InChI is InChI=1S/C23H25BrN4O4S/c1-4-32-21-16(24)8-14(9-17(21)31-3)10-26-27-19(29)11-28-12-25-22-20(23(28)30)15-6-5-13(2)7-18(15)33-22/h8-10,12-13H,4-7,11H2,1-3H3,(H,27,29)/b26-10-/t13-/m0/s1. The van der Waals surface area contributed by atoms with E-state index in [0.29, 0.717) is 35.0 Å². The Morgan fingerprint density at radius 1 is 1.45 bits per heavy atom. The molecule has 1 aromatic carbocycles. The number of ether oxygens (including phenoxy) is 2. The number of aryl methyl sites for hydroxylation is 1. The third kappa shape index (κ3) is 4.96. The minimum Gasteiger partial charge on any atom is -0.493 e. The van der Waals surface area contributed by atoms with Gasteiger partial charge in [0, 0.05) is 4.88 Å². The number of aromatic nitrogens is 2. The van der Waals surface area contributed by atoms with Gasteiger partial charge in [-0.25, -0.2) is 10.4 Å². The fourth-order valence-corrected chi connectivity index (χ4v) is 5.86. The van der Waals surface area contributed by atoms with Gasteiger partial charge in [0.2, 0.25) is 0 Å². The highest BCUT2D eigenvalue weighted by atomic mass is 79.9. The molecule has 0 bridgehead atoms. The molecular weight excluding hydrogens is 508 g/mol. The van der Waals surface area contributed by atoms with Crippen molar-refractivity contribution >= 4 is 49.6 Å². The van der Waals surface area contributed by atoms with Crippen molar-refractivity contribution in [1.82, 2.24) is 15.0 Å². The SMILES string of the molecule is CCOc1c(Br)cc(/C=N\NC(=O)Cn2cnc3sc4c(c3c2=O)CC[C@H](C)C4)cc1OC. The Labute approximate surface area is 203 Å². The summed E-state index contributed by atoms with van der Waals surface area (Å²) in [7, 11) is 1.56. The first kappa shape index (κ1) is 23.4. The largest absolute Gasteiger partial charge is 0.493 e. The number of benzene rings is 1. The molecule has 0 saturated carbocycles. The zero-order chi connectivity index (χ0) is 23.5. The summed E-state index contributed by atoms with van der Waals surface area (Å²) in [5, 5.41) is 4.67. The molecule has 1 aliphatic rings. The van der Waals surface area contributed by atoms with Crippen LogP contribution < -0.4 is 20.5 Å². The number of thiophene rings is 1. The number of halogens is 1. The lowest BCUT2D eigenvalue weighted by molar-refractivity contribution is -0.121. The molecule has 10 heteroatoms. The molecule has 1 atom stereocenters. The Balaban J connectivity index is 1.47. The highest BCUT2D eigenvalue weighted by molar-refractivity contribution is 9.10. The Hall–Kier alpha value is -2.72. The number of fused-ring (bicyclic) bond motifs is 3. The number of carbonyl (C=O) groups excluding carboxylic acids is 1. The van der Waals surface area contributed by atoms with Gasteiger partial charge in [0.05, 0.1) is 36.1 Å². The lowest BCUT2D eigenvalue weighted by Crippen LogP contribution is -2.30. The molecule has 0 saturated heterocycles. The van der Waals surface area contributed by atoms with E-state index in [1.165, 1.54) is 22.0 Å². The molecule has 33 heavy (non-hydrogen) atoms. The highest BCUT2D eigenvalue weighted by Crippen LogP contribution is 2.36. The number of carbonyl (C=O) groups is 1. The van der Waals surface area contributed by atoms with E-state index in [1.54, 1.807) is 24.5 Å². The van der Waals surface area contributed by atoms with Gasteiger partial charge < -0.3 is 9.47 Å². The first-order valence-electron chi connectivity index (χ1n) is 10.7. The molecule has 1 N–H and O–H groups in total. The molecule has 1 aliphatic carbocycles. The van der Waals surface area contributed by atoms with E-state index in [0.717, 1.165) is 34.1 Å². The molecule has 1 amide bonds. The normalized spacial score (nSPS) is 15.6. The van der Waals surface area contributed by atoms with Crippen molar-refractivity contribution in [2.75, 3.05) is 13.7 Å². The maximum absolute atomic E-state index is 13.0. The van der Waals surface area contributed by atoms with Crippen LogP contribution >= 0.6 is 27.3 Å². The summed E-state index contributed by atoms with van der Waals surface area (Å²) in [6.07, 6.45) is 5.87. The van der Waals surface area contributed by atoms with E-state index in [9.17, 15) is 9.59 Å². The summed E-state index contributed by atoms with van der Waals surface area (Å²) < 4.78 is 13.0. The molecule has 8 nitrogen and oxygen atoms in total. The van der Waals surface area contributed by atoms with Gasteiger partial charge in [0.25, 0.3) is 11.5 Å². The van der Waals surface area contributed by atoms with Crippen LogP contribution in [0, 0.1) is 5.92 Å². The summed E-state index contributed by atoms with van der Waals surface area (Å²) >= 11 is 5.05. The number of rotatable bonds is 7. The molecule has 174 valence electrons. The van der Waals surface area contributed by atoms with Gasteiger partial charge in [-0.3, -0.25) is 14.2 Å². The monoisotopic (exact) mass is 532 g/mol. The summed E-state index contributed by atoms with van der Waals surface area (Å²) in [6.45, 7) is 4.47. The second-order valence-electron chi connectivity index (χ2n) is 7.97. The molecule has 0 unspecified atom stereocenters. The minimum absolute atomic E-state index is 0.156. The Morgan fingerprint density at radius 3 is 3.03 bits per heavy atom. The van der Waals surface area contributed by atoms with E-state index in [4.69, 9.17) is 9.47 Å². The first-order chi connectivity index (χ1) is 15.9. The van der Waals surface area contributed by atoms with Crippen LogP contribution in [0.4, 0.5) is 0 Å². The third-order valence-electron chi connectivity index (χ3n) is 5.54. The second kappa shape index (κ2) is 10.0. The average Bonchev–Trinajstić information content (AvgIpc) is 3.15. The minimum atomic E-state index is -0.413. The third-order valence-corrected chi connectivity index (χ3v) is 7.29. The van der Waals surface area contributed by atoms with Crippen molar-refractivity contribution in [3.8, 4) is 11.5 Å². The van der Waals surface area contributed by atoms with Gasteiger partial charge in [-0.2, -0.15) is 5.10 Å². The van der Waals surface area contributed by atoms with Crippen LogP contribution in [0.15, 0.2) is 32.8 Å². The quantitative estimate of drug-likeness (QED) is 0.367. The molecule has 2 heterocycles. The van der Waals surface area contributed by atoms with Crippen molar-refractivity contribution < 1.29 is 14.3 Å². The van der Waals surface area contributed by atoms with E-state index in [1.807, 2.05) is 13.0 Å². The van der Waals surface area contributed by atoms with E-state index in [-0.39, 0.29) is 12.1 Å². The smallest absolute Gasteiger partial charge is 0.262 e. The van der Waals surface area contributed by atoms with Crippen molar-refractivity contribution in [3.63, 3.8) is 0 Å². The number of nitrogens with zero attached hydrogens (tertiary/aromatic N) is 3. The Kier molecular flexibility index (Phi) is 7.14.